The van der Waals surface area contributed by atoms with E-state index in [9.17, 15) is 14.4 Å². The molecule has 1 aliphatic heterocycles. The van der Waals surface area contributed by atoms with Gasteiger partial charge in [0.15, 0.2) is 0 Å². The Hall–Kier alpha value is -2.70. The molecule has 1 N–H and O–H groups in total. The summed E-state index contributed by atoms with van der Waals surface area (Å²) in [6.07, 6.45) is 3.82. The molecule has 1 aliphatic rings. The number of carboxylic acid groups (broad SMARTS) is 1. The van der Waals surface area contributed by atoms with Gasteiger partial charge in [0, 0.05) is 32.1 Å². The first-order valence-electron chi connectivity index (χ1n) is 8.90. The highest BCUT2D eigenvalue weighted by molar-refractivity contribution is 5.97. The van der Waals surface area contributed by atoms with Gasteiger partial charge in [-0.3, -0.25) is 19.0 Å². The van der Waals surface area contributed by atoms with Crippen LogP contribution in [0.3, 0.4) is 0 Å². The fourth-order valence-electron chi connectivity index (χ4n) is 3.34. The molecule has 7 nitrogen and oxygen atoms in total. The molecule has 138 valence electrons. The number of rotatable bonds is 4. The van der Waals surface area contributed by atoms with Gasteiger partial charge in [0.1, 0.15) is 5.82 Å². The Morgan fingerprint density at radius 3 is 2.81 bits per heavy atom. The summed E-state index contributed by atoms with van der Waals surface area (Å²) < 4.78 is 1.75. The van der Waals surface area contributed by atoms with Crippen LogP contribution in [-0.2, 0) is 17.8 Å². The molecule has 1 amide bonds. The molecule has 1 aromatic heterocycles. The maximum atomic E-state index is 12.7. The summed E-state index contributed by atoms with van der Waals surface area (Å²) in [6.45, 7) is 2.37. The van der Waals surface area contributed by atoms with Crippen molar-refractivity contribution in [3.63, 3.8) is 0 Å². The topological polar surface area (TPSA) is 92.5 Å². The van der Waals surface area contributed by atoms with Crippen molar-refractivity contribution in [2.24, 2.45) is 5.92 Å². The van der Waals surface area contributed by atoms with E-state index in [1.165, 1.54) is 4.90 Å². The van der Waals surface area contributed by atoms with E-state index in [1.54, 1.807) is 36.7 Å². The van der Waals surface area contributed by atoms with Crippen molar-refractivity contribution in [2.75, 3.05) is 13.6 Å². The quantitative estimate of drug-likeness (QED) is 0.902. The zero-order valence-corrected chi connectivity index (χ0v) is 15.1. The molecule has 2 aromatic rings. The van der Waals surface area contributed by atoms with Crippen molar-refractivity contribution in [1.82, 2.24) is 14.5 Å². The van der Waals surface area contributed by atoms with Gasteiger partial charge in [-0.1, -0.05) is 13.3 Å². The summed E-state index contributed by atoms with van der Waals surface area (Å²) >= 11 is 0. The number of nitrogens with zero attached hydrogens (tertiary/aromatic N) is 3. The summed E-state index contributed by atoms with van der Waals surface area (Å²) in [4.78, 5) is 42.3. The second-order valence-electron chi connectivity index (χ2n) is 6.95. The average molecular weight is 357 g/mol. The maximum absolute atomic E-state index is 12.7. The lowest BCUT2D eigenvalue weighted by molar-refractivity contribution is -0.141. The molecule has 0 radical (unpaired) electrons. The molecule has 1 unspecified atom stereocenters. The van der Waals surface area contributed by atoms with Gasteiger partial charge in [0.2, 0.25) is 0 Å². The summed E-state index contributed by atoms with van der Waals surface area (Å²) in [5.41, 5.74) is 0.871. The highest BCUT2D eigenvalue weighted by atomic mass is 16.4. The predicted octanol–water partition coefficient (Wildman–Crippen LogP) is 1.92. The Balaban J connectivity index is 1.95. The van der Waals surface area contributed by atoms with E-state index < -0.39 is 11.9 Å². The van der Waals surface area contributed by atoms with Crippen LogP contribution < -0.4 is 5.56 Å². The standard InChI is InChI=1S/C19H23N3O4/c1-12(19(25)26)11-21(2)17(23)13-7-8-14-15(10-13)20-16-6-4-3-5-9-22(16)18(14)24/h7-8,10,12H,3-6,9,11H2,1-2H3,(H,25,26). The van der Waals surface area contributed by atoms with Crippen molar-refractivity contribution in [3.05, 3.63) is 39.9 Å². The monoisotopic (exact) mass is 357 g/mol. The lowest BCUT2D eigenvalue weighted by atomic mass is 10.1. The van der Waals surface area contributed by atoms with Crippen LogP contribution in [0.2, 0.25) is 0 Å². The van der Waals surface area contributed by atoms with Crippen LogP contribution in [0, 0.1) is 5.92 Å². The highest BCUT2D eigenvalue weighted by Crippen LogP contribution is 2.17. The van der Waals surface area contributed by atoms with Crippen LogP contribution in [0.1, 0.15) is 42.4 Å². The second kappa shape index (κ2) is 7.27. The number of fused-ring (bicyclic) bond motifs is 2. The van der Waals surface area contributed by atoms with E-state index in [0.29, 0.717) is 23.0 Å². The molecule has 1 aromatic carbocycles. The normalized spacial score (nSPS) is 15.2. The molecule has 7 heteroatoms. The number of carboxylic acids is 1. The molecule has 0 fully saturated rings. The molecule has 26 heavy (non-hydrogen) atoms. The molecule has 3 rings (SSSR count). The first kappa shape index (κ1) is 18.1. The van der Waals surface area contributed by atoms with Crippen LogP contribution in [0.5, 0.6) is 0 Å². The molecular weight excluding hydrogens is 334 g/mol. The highest BCUT2D eigenvalue weighted by Gasteiger charge is 2.20. The molecule has 2 heterocycles. The second-order valence-corrected chi connectivity index (χ2v) is 6.95. The number of hydrogen-bond donors (Lipinski definition) is 1. The minimum atomic E-state index is -0.944. The number of amides is 1. The maximum Gasteiger partial charge on any atom is 0.308 e. The molecule has 1 atom stereocenters. The molecule has 0 aliphatic carbocycles. The van der Waals surface area contributed by atoms with Gasteiger partial charge in [-0.05, 0) is 31.0 Å². The summed E-state index contributed by atoms with van der Waals surface area (Å²) in [5, 5.41) is 9.51. The fraction of sp³-hybridized carbons (Fsp3) is 0.474. The van der Waals surface area contributed by atoms with Gasteiger partial charge in [-0.2, -0.15) is 0 Å². The number of aryl methyl sites for hydroxylation is 1. The number of carbonyl (C=O) groups excluding carboxylic acids is 1. The lowest BCUT2D eigenvalue weighted by Gasteiger charge is -2.19. The van der Waals surface area contributed by atoms with E-state index in [-0.39, 0.29) is 18.0 Å². The minimum absolute atomic E-state index is 0.0567. The van der Waals surface area contributed by atoms with Crippen LogP contribution in [0.15, 0.2) is 23.0 Å². The van der Waals surface area contributed by atoms with Crippen molar-refractivity contribution in [1.29, 1.82) is 0 Å². The van der Waals surface area contributed by atoms with Crippen molar-refractivity contribution in [3.8, 4) is 0 Å². The third kappa shape index (κ3) is 3.47. The Kier molecular flexibility index (Phi) is 5.06. The predicted molar refractivity (Wildman–Crippen MR) is 97.3 cm³/mol. The third-order valence-electron chi connectivity index (χ3n) is 4.88. The van der Waals surface area contributed by atoms with Crippen molar-refractivity contribution < 1.29 is 14.7 Å². The average Bonchev–Trinajstić information content (AvgIpc) is 2.86. The summed E-state index contributed by atoms with van der Waals surface area (Å²) in [7, 11) is 1.57. The Labute approximate surface area is 151 Å². The minimum Gasteiger partial charge on any atom is -0.481 e. The first-order valence-corrected chi connectivity index (χ1v) is 8.90. The third-order valence-corrected chi connectivity index (χ3v) is 4.88. The number of aliphatic carboxylic acids is 1. The van der Waals surface area contributed by atoms with Crippen molar-refractivity contribution >= 4 is 22.8 Å². The Morgan fingerprint density at radius 1 is 1.31 bits per heavy atom. The van der Waals surface area contributed by atoms with Crippen molar-refractivity contribution in [2.45, 2.75) is 39.2 Å². The van der Waals surface area contributed by atoms with E-state index in [4.69, 9.17) is 5.11 Å². The van der Waals surface area contributed by atoms with Crippen LogP contribution in [0.25, 0.3) is 10.9 Å². The van der Waals surface area contributed by atoms with Crippen LogP contribution in [-0.4, -0.2) is 45.0 Å². The van der Waals surface area contributed by atoms with Gasteiger partial charge in [0.05, 0.1) is 16.8 Å². The van der Waals surface area contributed by atoms with E-state index >= 15 is 0 Å². The van der Waals surface area contributed by atoms with E-state index in [1.807, 2.05) is 0 Å². The SMILES string of the molecule is CC(CN(C)C(=O)c1ccc2c(=O)n3c(nc2c1)CCCCC3)C(=O)O. The number of aromatic nitrogens is 2. The Morgan fingerprint density at radius 2 is 2.08 bits per heavy atom. The van der Waals surface area contributed by atoms with Crippen LogP contribution in [0.4, 0.5) is 0 Å². The lowest BCUT2D eigenvalue weighted by Crippen LogP contribution is -2.33. The van der Waals surface area contributed by atoms with Crippen LogP contribution >= 0.6 is 0 Å². The largest absolute Gasteiger partial charge is 0.481 e. The summed E-state index contributed by atoms with van der Waals surface area (Å²) in [5.74, 6) is -1.10. The van der Waals surface area contributed by atoms with Gasteiger partial charge in [-0.15, -0.1) is 0 Å². The zero-order valence-electron chi connectivity index (χ0n) is 15.1. The van der Waals surface area contributed by atoms with Gasteiger partial charge in [-0.25, -0.2) is 4.98 Å². The molecule has 0 saturated carbocycles. The summed E-state index contributed by atoms with van der Waals surface area (Å²) in [6, 6.07) is 4.89. The van der Waals surface area contributed by atoms with Gasteiger partial charge >= 0.3 is 5.97 Å². The first-order chi connectivity index (χ1) is 12.4. The number of hydrogen-bond acceptors (Lipinski definition) is 4. The smallest absolute Gasteiger partial charge is 0.308 e. The molecular formula is C19H23N3O4. The number of carbonyl (C=O) groups is 2. The van der Waals surface area contributed by atoms with E-state index in [2.05, 4.69) is 4.98 Å². The molecule has 0 spiro atoms. The van der Waals surface area contributed by atoms with Gasteiger partial charge in [0.25, 0.3) is 11.5 Å². The molecule has 0 bridgehead atoms. The number of benzene rings is 1. The Bertz CT molecular complexity index is 919. The zero-order chi connectivity index (χ0) is 18.8. The fourth-order valence-corrected chi connectivity index (χ4v) is 3.34. The van der Waals surface area contributed by atoms with Gasteiger partial charge < -0.3 is 10.0 Å². The molecule has 0 saturated heterocycles. The van der Waals surface area contributed by atoms with E-state index in [0.717, 1.165) is 31.5 Å².